The number of hydrogen-bond donors (Lipinski definition) is 1. The lowest BCUT2D eigenvalue weighted by Crippen LogP contribution is -2.48. The van der Waals surface area contributed by atoms with Gasteiger partial charge < -0.3 is 5.32 Å². The van der Waals surface area contributed by atoms with Gasteiger partial charge in [0.15, 0.2) is 0 Å². The van der Waals surface area contributed by atoms with Gasteiger partial charge in [-0.15, -0.1) is 0 Å². The van der Waals surface area contributed by atoms with Crippen molar-refractivity contribution in [2.45, 2.75) is 6.92 Å². The number of piperazine rings is 1. The number of rotatable bonds is 1. The third-order valence-electron chi connectivity index (χ3n) is 2.11. The number of anilines is 1. The van der Waals surface area contributed by atoms with E-state index in [9.17, 15) is 4.79 Å². The fourth-order valence-corrected chi connectivity index (χ4v) is 1.38. The van der Waals surface area contributed by atoms with Crippen LogP contribution in [0.15, 0.2) is 12.3 Å². The van der Waals surface area contributed by atoms with Gasteiger partial charge in [-0.25, -0.2) is 9.97 Å². The van der Waals surface area contributed by atoms with Crippen LogP contribution < -0.4 is 10.2 Å². The summed E-state index contributed by atoms with van der Waals surface area (Å²) in [5.74, 6) is 0.540. The van der Waals surface area contributed by atoms with Crippen LogP contribution in [0.2, 0.25) is 0 Å². The average molecular weight is 192 g/mol. The molecule has 0 saturated carbocycles. The molecule has 0 bridgehead atoms. The Labute approximate surface area is 82.2 Å². The molecule has 0 radical (unpaired) electrons. The third kappa shape index (κ3) is 1.72. The van der Waals surface area contributed by atoms with Gasteiger partial charge in [0.05, 0.1) is 6.54 Å². The number of carbonyl (C=O) groups excluding carboxylic acids is 1. The van der Waals surface area contributed by atoms with Crippen molar-refractivity contribution in [3.63, 3.8) is 0 Å². The van der Waals surface area contributed by atoms with Crippen molar-refractivity contribution in [1.82, 2.24) is 15.3 Å². The van der Waals surface area contributed by atoms with E-state index in [2.05, 4.69) is 15.3 Å². The Balaban J connectivity index is 2.24. The van der Waals surface area contributed by atoms with Crippen LogP contribution in [0.1, 0.15) is 5.69 Å². The molecule has 0 atom stereocenters. The lowest BCUT2D eigenvalue weighted by atomic mass is 10.3. The van der Waals surface area contributed by atoms with E-state index in [0.717, 1.165) is 12.2 Å². The van der Waals surface area contributed by atoms with E-state index in [1.807, 2.05) is 13.0 Å². The second-order valence-corrected chi connectivity index (χ2v) is 3.22. The van der Waals surface area contributed by atoms with Crippen LogP contribution >= 0.6 is 0 Å². The fraction of sp³-hybridized carbons (Fsp3) is 0.444. The molecule has 2 heterocycles. The molecule has 1 aliphatic heterocycles. The predicted molar refractivity (Wildman–Crippen MR) is 52.0 cm³/mol. The summed E-state index contributed by atoms with van der Waals surface area (Å²) in [6, 6.07) is 1.82. The van der Waals surface area contributed by atoms with Crippen molar-refractivity contribution in [3.05, 3.63) is 18.0 Å². The maximum Gasteiger partial charge on any atom is 0.243 e. The number of amides is 1. The Morgan fingerprint density at radius 2 is 2.43 bits per heavy atom. The Bertz CT molecular complexity index is 352. The lowest BCUT2D eigenvalue weighted by molar-refractivity contribution is -0.118. The maximum absolute atomic E-state index is 11.5. The summed E-state index contributed by atoms with van der Waals surface area (Å²) in [6.45, 7) is 3.69. The van der Waals surface area contributed by atoms with Crippen LogP contribution in [0, 0.1) is 6.92 Å². The first-order chi connectivity index (χ1) is 6.77. The first-order valence-corrected chi connectivity index (χ1v) is 4.58. The van der Waals surface area contributed by atoms with E-state index in [1.165, 1.54) is 0 Å². The molecule has 0 aliphatic carbocycles. The predicted octanol–water partition coefficient (Wildman–Crippen LogP) is -0.279. The summed E-state index contributed by atoms with van der Waals surface area (Å²) in [5.41, 5.74) is 0.876. The van der Waals surface area contributed by atoms with Crippen LogP contribution in [0.4, 0.5) is 5.95 Å². The van der Waals surface area contributed by atoms with Gasteiger partial charge in [0, 0.05) is 25.0 Å². The zero-order valence-electron chi connectivity index (χ0n) is 8.03. The third-order valence-corrected chi connectivity index (χ3v) is 2.11. The normalized spacial score (nSPS) is 17.2. The van der Waals surface area contributed by atoms with E-state index in [-0.39, 0.29) is 5.91 Å². The summed E-state index contributed by atoms with van der Waals surface area (Å²) >= 11 is 0. The van der Waals surface area contributed by atoms with Crippen molar-refractivity contribution in [2.24, 2.45) is 0 Å². The van der Waals surface area contributed by atoms with Gasteiger partial charge in [0.1, 0.15) is 0 Å². The van der Waals surface area contributed by atoms with Crippen LogP contribution in [0.3, 0.4) is 0 Å². The standard InChI is InChI=1S/C9H12N4O/c1-7-2-3-11-9(12-7)13-5-4-10-6-8(13)14/h2-3,10H,4-6H2,1H3. The molecule has 1 aromatic rings. The van der Waals surface area contributed by atoms with E-state index < -0.39 is 0 Å². The largest absolute Gasteiger partial charge is 0.307 e. The summed E-state index contributed by atoms with van der Waals surface area (Å²) in [7, 11) is 0. The summed E-state index contributed by atoms with van der Waals surface area (Å²) < 4.78 is 0. The zero-order valence-corrected chi connectivity index (χ0v) is 8.03. The highest BCUT2D eigenvalue weighted by Crippen LogP contribution is 2.08. The molecule has 2 rings (SSSR count). The van der Waals surface area contributed by atoms with Crippen LogP contribution in [0.5, 0.6) is 0 Å². The van der Waals surface area contributed by atoms with E-state index in [0.29, 0.717) is 19.0 Å². The molecule has 0 aromatic carbocycles. The highest BCUT2D eigenvalue weighted by molar-refractivity contribution is 5.93. The number of aromatic nitrogens is 2. The number of nitrogens with zero attached hydrogens (tertiary/aromatic N) is 3. The molecule has 1 amide bonds. The molecule has 74 valence electrons. The van der Waals surface area contributed by atoms with Crippen molar-refractivity contribution < 1.29 is 4.79 Å². The van der Waals surface area contributed by atoms with Gasteiger partial charge in [-0.3, -0.25) is 9.69 Å². The summed E-state index contributed by atoms with van der Waals surface area (Å²) in [6.07, 6.45) is 1.67. The minimum absolute atomic E-state index is 0.0295. The number of carbonyl (C=O) groups is 1. The van der Waals surface area contributed by atoms with Gasteiger partial charge in [-0.05, 0) is 13.0 Å². The molecule has 1 aliphatic rings. The second kappa shape index (κ2) is 3.71. The van der Waals surface area contributed by atoms with Crippen LogP contribution in [-0.4, -0.2) is 35.5 Å². The monoisotopic (exact) mass is 192 g/mol. The highest BCUT2D eigenvalue weighted by Gasteiger charge is 2.21. The summed E-state index contributed by atoms with van der Waals surface area (Å²) in [5, 5.41) is 3.00. The Kier molecular flexibility index (Phi) is 2.41. The van der Waals surface area contributed by atoms with Crippen molar-refractivity contribution in [1.29, 1.82) is 0 Å². The van der Waals surface area contributed by atoms with Gasteiger partial charge in [0.25, 0.3) is 0 Å². The second-order valence-electron chi connectivity index (χ2n) is 3.22. The van der Waals surface area contributed by atoms with Gasteiger partial charge in [0.2, 0.25) is 11.9 Å². The average Bonchev–Trinajstić information content (AvgIpc) is 2.18. The van der Waals surface area contributed by atoms with Gasteiger partial charge in [-0.2, -0.15) is 0 Å². The molecular weight excluding hydrogens is 180 g/mol. The van der Waals surface area contributed by atoms with Crippen molar-refractivity contribution in [3.8, 4) is 0 Å². The Hall–Kier alpha value is -1.49. The first kappa shape index (κ1) is 9.08. The molecule has 1 saturated heterocycles. The molecule has 5 heteroatoms. The highest BCUT2D eigenvalue weighted by atomic mass is 16.2. The minimum Gasteiger partial charge on any atom is -0.307 e. The fourth-order valence-electron chi connectivity index (χ4n) is 1.38. The smallest absolute Gasteiger partial charge is 0.243 e. The van der Waals surface area contributed by atoms with Crippen LogP contribution in [-0.2, 0) is 4.79 Å². The number of aryl methyl sites for hydroxylation is 1. The zero-order chi connectivity index (χ0) is 9.97. The SMILES string of the molecule is Cc1ccnc(N2CCNCC2=O)n1. The van der Waals surface area contributed by atoms with Gasteiger partial charge >= 0.3 is 0 Å². The first-order valence-electron chi connectivity index (χ1n) is 4.58. The lowest BCUT2D eigenvalue weighted by Gasteiger charge is -2.25. The van der Waals surface area contributed by atoms with Gasteiger partial charge in [-0.1, -0.05) is 0 Å². The topological polar surface area (TPSA) is 58.1 Å². The molecule has 1 N–H and O–H groups in total. The minimum atomic E-state index is 0.0295. The van der Waals surface area contributed by atoms with Crippen molar-refractivity contribution in [2.75, 3.05) is 24.5 Å². The quantitative estimate of drug-likeness (QED) is 0.665. The maximum atomic E-state index is 11.5. The Morgan fingerprint density at radius 1 is 1.57 bits per heavy atom. The molecule has 0 unspecified atom stereocenters. The molecular formula is C9H12N4O. The number of nitrogens with one attached hydrogen (secondary N) is 1. The Morgan fingerprint density at radius 3 is 3.14 bits per heavy atom. The molecule has 5 nitrogen and oxygen atoms in total. The van der Waals surface area contributed by atoms with Crippen LogP contribution in [0.25, 0.3) is 0 Å². The van der Waals surface area contributed by atoms with E-state index in [1.54, 1.807) is 11.1 Å². The molecule has 1 fully saturated rings. The molecule has 0 spiro atoms. The van der Waals surface area contributed by atoms with E-state index >= 15 is 0 Å². The number of hydrogen-bond acceptors (Lipinski definition) is 4. The molecule has 1 aromatic heterocycles. The van der Waals surface area contributed by atoms with Crippen molar-refractivity contribution >= 4 is 11.9 Å². The molecule has 14 heavy (non-hydrogen) atoms. The van der Waals surface area contributed by atoms with E-state index in [4.69, 9.17) is 0 Å². The summed E-state index contributed by atoms with van der Waals surface area (Å²) in [4.78, 5) is 21.4.